The van der Waals surface area contributed by atoms with Crippen LogP contribution in [0.25, 0.3) is 0 Å². The van der Waals surface area contributed by atoms with Crippen molar-refractivity contribution in [2.75, 3.05) is 0 Å². The molecule has 0 rings (SSSR count). The average Bonchev–Trinajstić information content (AvgIpc) is 1.79. The van der Waals surface area contributed by atoms with E-state index in [1.807, 2.05) is 0 Å². The highest BCUT2D eigenvalue weighted by molar-refractivity contribution is 7.59. The molecule has 0 saturated carbocycles. The first-order chi connectivity index (χ1) is 5.64. The SMILES string of the molecule is CC(C)(C)PC(C#N)PC(C)(C)C. The molecule has 0 aromatic rings. The van der Waals surface area contributed by atoms with Crippen LogP contribution in [-0.4, -0.2) is 15.7 Å². The fraction of sp³-hybridized carbons (Fsp3) is 0.900. The zero-order valence-electron chi connectivity index (χ0n) is 9.52. The van der Waals surface area contributed by atoms with E-state index in [-0.39, 0.29) is 5.40 Å². The maximum Gasteiger partial charge on any atom is 0.0807 e. The minimum atomic E-state index is 0.264. The van der Waals surface area contributed by atoms with Gasteiger partial charge in [0.15, 0.2) is 0 Å². The van der Waals surface area contributed by atoms with Crippen LogP contribution in [0.1, 0.15) is 41.5 Å². The molecule has 0 radical (unpaired) electrons. The van der Waals surface area contributed by atoms with Crippen molar-refractivity contribution in [3.05, 3.63) is 0 Å². The lowest BCUT2D eigenvalue weighted by atomic mass is 10.3. The molecule has 0 fully saturated rings. The molecule has 0 heterocycles. The van der Waals surface area contributed by atoms with E-state index in [0.717, 1.165) is 17.2 Å². The van der Waals surface area contributed by atoms with Gasteiger partial charge in [-0.2, -0.15) is 5.26 Å². The summed E-state index contributed by atoms with van der Waals surface area (Å²) in [6.07, 6.45) is 0. The summed E-state index contributed by atoms with van der Waals surface area (Å²) in [6, 6.07) is 2.44. The van der Waals surface area contributed by atoms with Crippen molar-refractivity contribution in [3.8, 4) is 6.07 Å². The van der Waals surface area contributed by atoms with Crippen molar-refractivity contribution < 1.29 is 0 Å². The van der Waals surface area contributed by atoms with Gasteiger partial charge in [0, 0.05) is 0 Å². The molecule has 13 heavy (non-hydrogen) atoms. The highest BCUT2D eigenvalue weighted by Gasteiger charge is 2.22. The third kappa shape index (κ3) is 8.67. The fourth-order valence-electron chi connectivity index (χ4n) is 0.967. The number of nitriles is 1. The van der Waals surface area contributed by atoms with E-state index in [9.17, 15) is 0 Å². The van der Waals surface area contributed by atoms with Gasteiger partial charge in [-0.1, -0.05) is 58.7 Å². The summed E-state index contributed by atoms with van der Waals surface area (Å²) in [4.78, 5) is 0. The van der Waals surface area contributed by atoms with Gasteiger partial charge in [-0.25, -0.2) is 0 Å². The number of rotatable bonds is 2. The Labute approximate surface area is 86.2 Å². The smallest absolute Gasteiger partial charge is 0.0807 e. The standard InChI is InChI=1S/C10H21NP2/c1-9(2,3)12-8(7-11)13-10(4,5)6/h8,12-13H,1-6H3. The van der Waals surface area contributed by atoms with Crippen LogP contribution in [0.5, 0.6) is 0 Å². The minimum Gasteiger partial charge on any atom is -0.197 e. The van der Waals surface area contributed by atoms with E-state index in [1.165, 1.54) is 0 Å². The molecule has 76 valence electrons. The first-order valence-electron chi connectivity index (χ1n) is 4.59. The summed E-state index contributed by atoms with van der Waals surface area (Å²) in [6.45, 7) is 13.3. The van der Waals surface area contributed by atoms with Crippen LogP contribution in [0.15, 0.2) is 0 Å². The van der Waals surface area contributed by atoms with Crippen molar-refractivity contribution in [3.63, 3.8) is 0 Å². The monoisotopic (exact) mass is 217 g/mol. The van der Waals surface area contributed by atoms with Gasteiger partial charge in [0.25, 0.3) is 0 Å². The van der Waals surface area contributed by atoms with Crippen LogP contribution in [0.2, 0.25) is 0 Å². The molecular formula is C10H21NP2. The van der Waals surface area contributed by atoms with Gasteiger partial charge in [-0.15, -0.1) is 0 Å². The van der Waals surface area contributed by atoms with Crippen molar-refractivity contribution >= 4 is 17.2 Å². The van der Waals surface area contributed by atoms with Gasteiger partial charge in [0.1, 0.15) is 0 Å². The normalized spacial score (nSPS) is 17.0. The van der Waals surface area contributed by atoms with Gasteiger partial charge in [0.2, 0.25) is 0 Å². The van der Waals surface area contributed by atoms with Gasteiger partial charge >= 0.3 is 0 Å². The van der Waals surface area contributed by atoms with Crippen molar-refractivity contribution in [2.24, 2.45) is 0 Å². The molecule has 2 unspecified atom stereocenters. The molecule has 0 aromatic carbocycles. The molecule has 0 spiro atoms. The Morgan fingerprint density at radius 1 is 0.923 bits per heavy atom. The molecule has 3 heteroatoms. The predicted octanol–water partition coefficient (Wildman–Crippen LogP) is 3.79. The quantitative estimate of drug-likeness (QED) is 0.645. The molecule has 0 aliphatic heterocycles. The molecular weight excluding hydrogens is 196 g/mol. The summed E-state index contributed by atoms with van der Waals surface area (Å²) in [5.74, 6) is 0. The molecule has 0 amide bonds. The lowest BCUT2D eigenvalue weighted by Crippen LogP contribution is -2.14. The number of hydrogen-bond donors (Lipinski definition) is 0. The van der Waals surface area contributed by atoms with Crippen molar-refractivity contribution in [1.82, 2.24) is 0 Å². The van der Waals surface area contributed by atoms with Crippen LogP contribution < -0.4 is 0 Å². The van der Waals surface area contributed by atoms with Crippen LogP contribution in [0, 0.1) is 11.3 Å². The minimum absolute atomic E-state index is 0.264. The third-order valence-corrected chi connectivity index (χ3v) is 4.72. The lowest BCUT2D eigenvalue weighted by Gasteiger charge is -2.27. The van der Waals surface area contributed by atoms with E-state index in [0.29, 0.717) is 10.3 Å². The van der Waals surface area contributed by atoms with E-state index in [1.54, 1.807) is 0 Å². The summed E-state index contributed by atoms with van der Waals surface area (Å²) < 4.78 is 0. The Kier molecular flexibility index (Phi) is 4.85. The predicted molar refractivity (Wildman–Crippen MR) is 65.5 cm³/mol. The summed E-state index contributed by atoms with van der Waals surface area (Å²) >= 11 is 0. The molecule has 2 atom stereocenters. The van der Waals surface area contributed by atoms with Gasteiger partial charge in [-0.05, 0) is 10.3 Å². The Hall–Kier alpha value is 0.350. The Bertz CT molecular complexity index is 176. The maximum atomic E-state index is 9.02. The highest BCUT2D eigenvalue weighted by atomic mass is 31.1. The largest absolute Gasteiger partial charge is 0.197 e. The van der Waals surface area contributed by atoms with Crippen LogP contribution in [0.4, 0.5) is 0 Å². The first-order valence-corrected chi connectivity index (χ1v) is 6.74. The lowest BCUT2D eigenvalue weighted by molar-refractivity contribution is 0.784. The molecule has 0 bridgehead atoms. The first kappa shape index (κ1) is 13.4. The van der Waals surface area contributed by atoms with E-state index in [2.05, 4.69) is 47.6 Å². The molecule has 0 saturated heterocycles. The van der Waals surface area contributed by atoms with Crippen LogP contribution >= 0.6 is 17.2 Å². The third-order valence-electron chi connectivity index (χ3n) is 1.28. The molecule has 1 nitrogen and oxygen atoms in total. The second-order valence-corrected chi connectivity index (χ2v) is 10.7. The van der Waals surface area contributed by atoms with Crippen molar-refractivity contribution in [1.29, 1.82) is 5.26 Å². The number of nitrogens with zero attached hydrogens (tertiary/aromatic N) is 1. The zero-order chi connectivity index (χ0) is 10.7. The Morgan fingerprint density at radius 3 is 1.38 bits per heavy atom. The average molecular weight is 217 g/mol. The van der Waals surface area contributed by atoms with Crippen molar-refractivity contribution in [2.45, 2.75) is 57.3 Å². The maximum absolute atomic E-state index is 9.02. The molecule has 0 aliphatic rings. The van der Waals surface area contributed by atoms with E-state index < -0.39 is 0 Å². The Balaban J connectivity index is 4.16. The van der Waals surface area contributed by atoms with E-state index in [4.69, 9.17) is 5.26 Å². The van der Waals surface area contributed by atoms with Gasteiger partial charge < -0.3 is 0 Å². The summed E-state index contributed by atoms with van der Waals surface area (Å²) in [7, 11) is 1.51. The number of hydrogen-bond acceptors (Lipinski definition) is 1. The second kappa shape index (κ2) is 4.72. The molecule has 0 aromatic heterocycles. The molecule has 0 N–H and O–H groups in total. The summed E-state index contributed by atoms with van der Waals surface area (Å²) in [5, 5.41) is 9.89. The second-order valence-electron chi connectivity index (χ2n) is 5.35. The zero-order valence-corrected chi connectivity index (χ0v) is 11.5. The van der Waals surface area contributed by atoms with Crippen LogP contribution in [-0.2, 0) is 0 Å². The van der Waals surface area contributed by atoms with E-state index >= 15 is 0 Å². The topological polar surface area (TPSA) is 23.8 Å². The van der Waals surface area contributed by atoms with Gasteiger partial charge in [0.05, 0.1) is 11.5 Å². The fourth-order valence-corrected chi connectivity index (χ4v) is 5.71. The summed E-state index contributed by atoms with van der Waals surface area (Å²) in [5.41, 5.74) is 0. The van der Waals surface area contributed by atoms with Crippen LogP contribution in [0.3, 0.4) is 0 Å². The molecule has 0 aliphatic carbocycles. The van der Waals surface area contributed by atoms with Gasteiger partial charge in [-0.3, -0.25) is 0 Å². The highest BCUT2D eigenvalue weighted by Crippen LogP contribution is 2.48. The Morgan fingerprint density at radius 2 is 1.23 bits per heavy atom.